The largest absolute Gasteiger partial charge is 0.493 e. The lowest BCUT2D eigenvalue weighted by molar-refractivity contribution is -0.149. The maximum Gasteiger partial charge on any atom is 0.324 e. The van der Waals surface area contributed by atoms with Gasteiger partial charge in [0.2, 0.25) is 11.8 Å². The van der Waals surface area contributed by atoms with Crippen LogP contribution in [0.3, 0.4) is 0 Å². The smallest absolute Gasteiger partial charge is 0.324 e. The van der Waals surface area contributed by atoms with E-state index < -0.39 is 47.2 Å². The van der Waals surface area contributed by atoms with Gasteiger partial charge in [-0.2, -0.15) is 0 Å². The molecule has 0 aliphatic carbocycles. The summed E-state index contributed by atoms with van der Waals surface area (Å²) in [6, 6.07) is 18.8. The second-order valence-electron chi connectivity index (χ2n) is 11.1. The number of ether oxygens (including phenoxy) is 2. The van der Waals surface area contributed by atoms with E-state index in [1.807, 2.05) is 30.3 Å². The zero-order valence-corrected chi connectivity index (χ0v) is 24.8. The molecule has 0 saturated carbocycles. The number of rotatable bonds is 12. The molecule has 2 aliphatic rings. The predicted octanol–water partition coefficient (Wildman–Crippen LogP) is 3.20. The average Bonchev–Trinajstić information content (AvgIpc) is 3.51. The molecule has 2 fully saturated rings. The van der Waals surface area contributed by atoms with Gasteiger partial charge in [-0.25, -0.2) is 9.69 Å². The van der Waals surface area contributed by atoms with E-state index in [-0.39, 0.29) is 37.5 Å². The Bertz CT molecular complexity index is 1630. The molecule has 2 aliphatic heterocycles. The number of Topliss-reactive ketones (excluding diaryl/α,β-unsaturated/α-hetero) is 1. The highest BCUT2D eigenvalue weighted by Crippen LogP contribution is 2.53. The third kappa shape index (κ3) is 5.84. The summed E-state index contributed by atoms with van der Waals surface area (Å²) in [5.74, 6) is -4.53. The zero-order chi connectivity index (χ0) is 32.3. The van der Waals surface area contributed by atoms with Gasteiger partial charge in [-0.3, -0.25) is 24.5 Å². The molecule has 2 heterocycles. The number of methoxy groups -OCH3 is 1. The Morgan fingerprint density at radius 2 is 1.71 bits per heavy atom. The molecule has 3 aromatic carbocycles. The minimum atomic E-state index is -1.88. The molecule has 12 nitrogen and oxygen atoms in total. The number of primary amides is 1. The number of imide groups is 1. The quantitative estimate of drug-likeness (QED) is 0.136. The van der Waals surface area contributed by atoms with E-state index >= 15 is 0 Å². The van der Waals surface area contributed by atoms with Crippen LogP contribution in [0.15, 0.2) is 72.8 Å². The van der Waals surface area contributed by atoms with E-state index in [0.29, 0.717) is 22.6 Å². The Morgan fingerprint density at radius 3 is 2.33 bits per heavy atom. The van der Waals surface area contributed by atoms with Crippen LogP contribution in [0.25, 0.3) is 0 Å². The number of carbonyl (C=O) groups is 5. The first-order valence-electron chi connectivity index (χ1n) is 14.5. The van der Waals surface area contributed by atoms with Gasteiger partial charge in [0.15, 0.2) is 17.3 Å². The van der Waals surface area contributed by atoms with Crippen molar-refractivity contribution in [2.24, 2.45) is 17.6 Å². The molecule has 45 heavy (non-hydrogen) atoms. The number of hydrogen-bond acceptors (Lipinski definition) is 8. The van der Waals surface area contributed by atoms with Crippen molar-refractivity contribution in [3.63, 3.8) is 0 Å². The van der Waals surface area contributed by atoms with E-state index in [4.69, 9.17) is 15.2 Å². The summed E-state index contributed by atoms with van der Waals surface area (Å²) in [5, 5.41) is 16.3. The van der Waals surface area contributed by atoms with Crippen LogP contribution in [-0.4, -0.2) is 53.9 Å². The molecule has 0 spiro atoms. The Labute approximate surface area is 259 Å². The number of carboxylic acid groups (broad SMARTS) is 1. The molecule has 12 heteroatoms. The van der Waals surface area contributed by atoms with E-state index in [1.165, 1.54) is 38.3 Å². The van der Waals surface area contributed by atoms with Crippen LogP contribution in [0.5, 0.6) is 11.5 Å². The van der Waals surface area contributed by atoms with Gasteiger partial charge in [0, 0.05) is 23.7 Å². The number of ketones is 1. The standard InChI is InChI=1S/C33H34N4O8/c1-19(38)21-12-14-22(15-13-21)37-29(39)25-26(30(37)40)33(31(41)42,16-7-17-35-32(34)43)36-27(25)23-10-6-11-24(44-2)28(23)45-18-20-8-4-3-5-9-20/h3-6,8-15,25-27,36H,7,16-18H2,1-2H3,(H,41,42)(H3,34,35,43). The first-order valence-corrected chi connectivity index (χ1v) is 14.5. The van der Waals surface area contributed by atoms with Gasteiger partial charge in [-0.05, 0) is 55.7 Å². The highest BCUT2D eigenvalue weighted by atomic mass is 16.5. The van der Waals surface area contributed by atoms with E-state index in [2.05, 4.69) is 10.6 Å². The van der Waals surface area contributed by atoms with Crippen molar-refractivity contribution >= 4 is 35.3 Å². The number of aliphatic carboxylic acids is 1. The number of nitrogens with one attached hydrogen (secondary N) is 2. The molecule has 0 bridgehead atoms. The second-order valence-corrected chi connectivity index (χ2v) is 11.1. The summed E-state index contributed by atoms with van der Waals surface area (Å²) < 4.78 is 11.9. The molecule has 4 unspecified atom stereocenters. The Kier molecular flexibility index (Phi) is 8.87. The molecule has 234 valence electrons. The molecule has 2 saturated heterocycles. The number of urea groups is 1. The summed E-state index contributed by atoms with van der Waals surface area (Å²) in [6.45, 7) is 1.64. The van der Waals surface area contributed by atoms with Crippen molar-refractivity contribution in [2.75, 3.05) is 18.6 Å². The number of nitrogens with two attached hydrogens (primary N) is 1. The summed E-state index contributed by atoms with van der Waals surface area (Å²) in [7, 11) is 1.48. The summed E-state index contributed by atoms with van der Waals surface area (Å²) in [4.78, 5) is 65.7. The Hall–Kier alpha value is -5.23. The summed E-state index contributed by atoms with van der Waals surface area (Å²) in [5.41, 5.74) is 5.27. The van der Waals surface area contributed by atoms with Crippen molar-refractivity contribution in [1.82, 2.24) is 10.6 Å². The van der Waals surface area contributed by atoms with Crippen LogP contribution in [0.4, 0.5) is 10.5 Å². The first kappa shape index (κ1) is 31.2. The number of nitrogens with zero attached hydrogens (tertiary/aromatic N) is 1. The zero-order valence-electron chi connectivity index (χ0n) is 24.8. The summed E-state index contributed by atoms with van der Waals surface area (Å²) in [6.07, 6.45) is 0.0586. The Morgan fingerprint density at radius 1 is 1.00 bits per heavy atom. The van der Waals surface area contributed by atoms with E-state index in [9.17, 15) is 29.1 Å². The molecule has 4 atom stereocenters. The normalized spacial score (nSPS) is 22.2. The minimum absolute atomic E-state index is 0.0665. The number of para-hydroxylation sites is 1. The Balaban J connectivity index is 1.59. The third-order valence-corrected chi connectivity index (χ3v) is 8.41. The van der Waals surface area contributed by atoms with Crippen molar-refractivity contribution in [2.45, 2.75) is 38.0 Å². The van der Waals surface area contributed by atoms with Gasteiger partial charge in [0.25, 0.3) is 0 Å². The number of benzene rings is 3. The molecular formula is C33H34N4O8. The topological polar surface area (TPSA) is 177 Å². The molecule has 0 aromatic heterocycles. The van der Waals surface area contributed by atoms with Gasteiger partial charge < -0.3 is 25.6 Å². The van der Waals surface area contributed by atoms with Crippen LogP contribution in [0, 0.1) is 11.8 Å². The summed E-state index contributed by atoms with van der Waals surface area (Å²) >= 11 is 0. The fourth-order valence-corrected chi connectivity index (χ4v) is 6.30. The molecule has 5 N–H and O–H groups in total. The van der Waals surface area contributed by atoms with Crippen molar-refractivity contribution in [3.05, 3.63) is 89.5 Å². The van der Waals surface area contributed by atoms with Crippen molar-refractivity contribution in [3.8, 4) is 11.5 Å². The maximum absolute atomic E-state index is 14.2. The van der Waals surface area contributed by atoms with Gasteiger partial charge in [-0.1, -0.05) is 42.5 Å². The molecular weight excluding hydrogens is 580 g/mol. The molecule has 3 aromatic rings. The van der Waals surface area contributed by atoms with Crippen LogP contribution in [0.2, 0.25) is 0 Å². The van der Waals surface area contributed by atoms with Gasteiger partial charge >= 0.3 is 12.0 Å². The number of amides is 4. The molecule has 4 amide bonds. The fraction of sp³-hybridized carbons (Fsp3) is 0.303. The van der Waals surface area contributed by atoms with Gasteiger partial charge in [0.05, 0.1) is 24.6 Å². The average molecular weight is 615 g/mol. The third-order valence-electron chi connectivity index (χ3n) is 8.41. The van der Waals surface area contributed by atoms with Crippen LogP contribution < -0.4 is 30.7 Å². The molecule has 0 radical (unpaired) electrons. The van der Waals surface area contributed by atoms with Crippen LogP contribution in [0.1, 0.15) is 47.3 Å². The number of anilines is 1. The lowest BCUT2D eigenvalue weighted by atomic mass is 9.77. The number of fused-ring (bicyclic) bond motifs is 1. The first-order chi connectivity index (χ1) is 21.6. The van der Waals surface area contributed by atoms with Gasteiger partial charge in [-0.15, -0.1) is 0 Å². The van der Waals surface area contributed by atoms with Crippen molar-refractivity contribution < 1.29 is 38.6 Å². The number of carbonyl (C=O) groups excluding carboxylic acids is 4. The lowest BCUT2D eigenvalue weighted by Crippen LogP contribution is -2.56. The second kappa shape index (κ2) is 12.8. The minimum Gasteiger partial charge on any atom is -0.493 e. The fourth-order valence-electron chi connectivity index (χ4n) is 6.30. The highest BCUT2D eigenvalue weighted by Gasteiger charge is 2.68. The number of hydrogen-bond donors (Lipinski definition) is 4. The van der Waals surface area contributed by atoms with Crippen molar-refractivity contribution in [1.29, 1.82) is 0 Å². The SMILES string of the molecule is COc1cccc(C2NC(CCCNC(N)=O)(C(=O)O)C3C(=O)N(c4ccc(C(C)=O)cc4)C(=O)C23)c1OCc1ccccc1. The maximum atomic E-state index is 14.2. The monoisotopic (exact) mass is 614 g/mol. The highest BCUT2D eigenvalue weighted by molar-refractivity contribution is 6.24. The number of carboxylic acids is 1. The van der Waals surface area contributed by atoms with E-state index in [0.717, 1.165) is 10.5 Å². The lowest BCUT2D eigenvalue weighted by Gasteiger charge is -2.31. The van der Waals surface area contributed by atoms with Crippen LogP contribution in [-0.2, 0) is 21.0 Å². The predicted molar refractivity (Wildman–Crippen MR) is 163 cm³/mol. The molecule has 5 rings (SSSR count). The van der Waals surface area contributed by atoms with Gasteiger partial charge in [0.1, 0.15) is 12.1 Å². The van der Waals surface area contributed by atoms with E-state index in [1.54, 1.807) is 18.2 Å². The van der Waals surface area contributed by atoms with Crippen LogP contribution >= 0.6 is 0 Å².